The van der Waals surface area contributed by atoms with Crippen molar-refractivity contribution in [3.8, 4) is 28.0 Å². The molecule has 0 aliphatic heterocycles. The monoisotopic (exact) mass is 702 g/mol. The number of ether oxygens (including phenoxy) is 1. The molecular formula is C40H37F2N2NaO6. The summed E-state index contributed by atoms with van der Waals surface area (Å²) in [5.74, 6) is -2.48. The fourth-order valence-electron chi connectivity index (χ4n) is 5.79. The average molecular weight is 703 g/mol. The molecular weight excluding hydrogens is 665 g/mol. The number of aliphatic carboxylic acids is 1. The van der Waals surface area contributed by atoms with E-state index in [2.05, 4.69) is 5.32 Å². The first-order valence-corrected chi connectivity index (χ1v) is 16.1. The Morgan fingerprint density at radius 2 is 1.41 bits per heavy atom. The Hall–Kier alpha value is -4.58. The van der Waals surface area contributed by atoms with Crippen molar-refractivity contribution in [3.05, 3.63) is 138 Å². The number of carbonyl (C=O) groups is 2. The molecule has 1 heterocycles. The van der Waals surface area contributed by atoms with Crippen LogP contribution in [-0.4, -0.2) is 38.9 Å². The summed E-state index contributed by atoms with van der Waals surface area (Å²) in [4.78, 5) is 25.5. The van der Waals surface area contributed by atoms with Gasteiger partial charge >= 0.3 is 29.6 Å². The van der Waals surface area contributed by atoms with E-state index in [-0.39, 0.29) is 54.3 Å². The molecule has 0 radical (unpaired) electrons. The third-order valence-corrected chi connectivity index (χ3v) is 8.01. The number of benzene rings is 4. The molecule has 51 heavy (non-hydrogen) atoms. The van der Waals surface area contributed by atoms with Gasteiger partial charge in [-0.1, -0.05) is 72.8 Å². The summed E-state index contributed by atoms with van der Waals surface area (Å²) >= 11 is 0. The van der Waals surface area contributed by atoms with Gasteiger partial charge in [0.1, 0.15) is 29.7 Å². The molecule has 5 aromatic rings. The summed E-state index contributed by atoms with van der Waals surface area (Å²) in [6.45, 7) is 4.00. The van der Waals surface area contributed by atoms with Crippen LogP contribution in [0.4, 0.5) is 14.5 Å². The van der Waals surface area contributed by atoms with Gasteiger partial charge in [-0.3, -0.25) is 4.79 Å². The molecule has 3 N–H and O–H groups in total. The molecule has 0 spiro atoms. The number of halogens is 2. The molecule has 0 aliphatic carbocycles. The van der Waals surface area contributed by atoms with Crippen LogP contribution in [0.15, 0.2) is 109 Å². The number of aliphatic hydroxyl groups excluding tert-OH is 2. The molecule has 0 unspecified atom stereocenters. The van der Waals surface area contributed by atoms with Gasteiger partial charge in [0.05, 0.1) is 17.9 Å². The number of carboxylic acids is 1. The summed E-state index contributed by atoms with van der Waals surface area (Å²) in [5.41, 5.74) is 3.98. The largest absolute Gasteiger partial charge is 1.00 e. The van der Waals surface area contributed by atoms with Gasteiger partial charge in [-0.25, -0.2) is 8.78 Å². The summed E-state index contributed by atoms with van der Waals surface area (Å²) in [6, 6.07) is 27.6. The minimum atomic E-state index is -1.45. The van der Waals surface area contributed by atoms with Crippen LogP contribution >= 0.6 is 0 Å². The number of amides is 1. The summed E-state index contributed by atoms with van der Waals surface area (Å²) in [7, 11) is 0. The second-order valence-electron chi connectivity index (χ2n) is 12.1. The third-order valence-electron chi connectivity index (χ3n) is 8.01. The first-order valence-electron chi connectivity index (χ1n) is 16.1. The number of para-hydroxylation sites is 2. The van der Waals surface area contributed by atoms with Crippen molar-refractivity contribution in [1.29, 1.82) is 0 Å². The Bertz CT molecular complexity index is 1960. The second kappa shape index (κ2) is 18.1. The SMILES string of the molecule is CC(C)n1c(C=C[C@@H](O)C[C@@H](O)CC(=O)[O-])c(-c2ccc(F)cc2)c(-c2ccc(F)cc2)c1C(=O)Nc1ccccc1OCc1ccccc1.[Na+]. The van der Waals surface area contributed by atoms with Crippen LogP contribution in [-0.2, 0) is 11.4 Å². The molecule has 1 aromatic heterocycles. The van der Waals surface area contributed by atoms with E-state index >= 15 is 0 Å². The quantitative estimate of drug-likeness (QED) is 0.152. The van der Waals surface area contributed by atoms with Gasteiger partial charge in [0.25, 0.3) is 5.91 Å². The molecule has 0 saturated heterocycles. The van der Waals surface area contributed by atoms with Crippen LogP contribution in [0.5, 0.6) is 5.75 Å². The smallest absolute Gasteiger partial charge is 0.550 e. The van der Waals surface area contributed by atoms with Gasteiger partial charge in [-0.15, -0.1) is 0 Å². The Morgan fingerprint density at radius 1 is 0.843 bits per heavy atom. The van der Waals surface area contributed by atoms with E-state index in [9.17, 15) is 33.7 Å². The number of hydrogen-bond donors (Lipinski definition) is 3. The number of nitrogens with one attached hydrogen (secondary N) is 1. The Morgan fingerprint density at radius 3 is 2.00 bits per heavy atom. The predicted molar refractivity (Wildman–Crippen MR) is 186 cm³/mol. The number of aromatic nitrogens is 1. The zero-order valence-electron chi connectivity index (χ0n) is 28.6. The summed E-state index contributed by atoms with van der Waals surface area (Å²) in [6.07, 6.45) is -0.576. The van der Waals surface area contributed by atoms with Crippen molar-refractivity contribution in [2.24, 2.45) is 0 Å². The average Bonchev–Trinajstić information content (AvgIpc) is 3.43. The van der Waals surface area contributed by atoms with Crippen LogP contribution in [0.1, 0.15) is 54.5 Å². The topological polar surface area (TPSA) is 124 Å². The normalized spacial score (nSPS) is 12.4. The number of rotatable bonds is 14. The maximum atomic E-state index is 14.6. The first kappa shape index (κ1) is 39.2. The van der Waals surface area contributed by atoms with Crippen LogP contribution in [0.2, 0.25) is 0 Å². The third kappa shape index (κ3) is 10.0. The van der Waals surface area contributed by atoms with Crippen LogP contribution in [0, 0.1) is 11.6 Å². The van der Waals surface area contributed by atoms with Crippen LogP contribution < -0.4 is 44.7 Å². The van der Waals surface area contributed by atoms with Gasteiger partial charge in [-0.2, -0.15) is 0 Å². The summed E-state index contributed by atoms with van der Waals surface area (Å²) < 4.78 is 36.3. The van der Waals surface area contributed by atoms with E-state index < -0.39 is 42.1 Å². The Labute approximate surface area is 317 Å². The van der Waals surface area contributed by atoms with Crippen LogP contribution in [0.3, 0.4) is 0 Å². The molecule has 5 rings (SSSR count). The van der Waals surface area contributed by atoms with E-state index in [1.165, 1.54) is 30.3 Å². The molecule has 2 atom stereocenters. The Kier molecular flexibility index (Phi) is 13.9. The number of carbonyl (C=O) groups excluding carboxylic acids is 2. The zero-order chi connectivity index (χ0) is 35.8. The van der Waals surface area contributed by atoms with Crippen LogP contribution in [0.25, 0.3) is 28.3 Å². The van der Waals surface area contributed by atoms with E-state index in [0.29, 0.717) is 39.4 Å². The van der Waals surface area contributed by atoms with Gasteiger partial charge in [0.15, 0.2) is 0 Å². The molecule has 11 heteroatoms. The molecule has 0 saturated carbocycles. The van der Waals surface area contributed by atoms with Crippen molar-refractivity contribution >= 4 is 23.6 Å². The van der Waals surface area contributed by atoms with Gasteiger partial charge in [0, 0.05) is 41.7 Å². The molecule has 0 bridgehead atoms. The van der Waals surface area contributed by atoms with Crippen molar-refractivity contribution < 1.29 is 68.0 Å². The number of hydrogen-bond acceptors (Lipinski definition) is 6. The minimum absolute atomic E-state index is 0. The molecule has 0 fully saturated rings. The van der Waals surface area contributed by atoms with Crippen molar-refractivity contribution in [2.75, 3.05) is 5.32 Å². The number of nitrogens with zero attached hydrogens (tertiary/aromatic N) is 1. The molecule has 4 aromatic carbocycles. The van der Waals surface area contributed by atoms with E-state index in [1.54, 1.807) is 59.2 Å². The Balaban J connectivity index is 0.00000583. The van der Waals surface area contributed by atoms with Gasteiger partial charge in [0.2, 0.25) is 0 Å². The number of anilines is 1. The van der Waals surface area contributed by atoms with Gasteiger partial charge in [-0.05, 0) is 73.0 Å². The maximum Gasteiger partial charge on any atom is 1.00 e. The molecule has 1 amide bonds. The summed E-state index contributed by atoms with van der Waals surface area (Å²) in [5, 5.41) is 34.8. The molecule has 0 aliphatic rings. The molecule has 8 nitrogen and oxygen atoms in total. The number of carboxylic acid groups (broad SMARTS) is 1. The van der Waals surface area contributed by atoms with Crippen molar-refractivity contribution in [3.63, 3.8) is 0 Å². The van der Waals surface area contributed by atoms with E-state index in [4.69, 9.17) is 4.74 Å². The fraction of sp³-hybridized carbons (Fsp3) is 0.200. The van der Waals surface area contributed by atoms with Gasteiger partial charge < -0.3 is 34.7 Å². The predicted octanol–water partition coefficient (Wildman–Crippen LogP) is 3.78. The number of aliphatic hydroxyl groups is 2. The second-order valence-corrected chi connectivity index (χ2v) is 12.1. The molecule has 258 valence electrons. The minimum Gasteiger partial charge on any atom is -0.550 e. The van der Waals surface area contributed by atoms with E-state index in [1.807, 2.05) is 44.2 Å². The van der Waals surface area contributed by atoms with Crippen molar-refractivity contribution in [1.82, 2.24) is 4.57 Å². The standard InChI is InChI=1S/C40H38F2N2O6.Na/c1-25(2)44-34(21-20-31(45)22-32(46)23-36(47)48)37(27-12-16-29(41)17-13-27)38(28-14-18-30(42)19-15-28)39(44)40(49)43-33-10-6-7-11-35(33)50-24-26-8-4-3-5-9-26;/h3-21,25,31-32,45-46H,22-24H2,1-2H3,(H,43,49)(H,47,48);/q;+1/p-1/t31-,32-;/m1./s1. The first-order chi connectivity index (χ1) is 24.0. The fourth-order valence-corrected chi connectivity index (χ4v) is 5.79. The zero-order valence-corrected chi connectivity index (χ0v) is 30.6. The van der Waals surface area contributed by atoms with E-state index in [0.717, 1.165) is 5.56 Å². The van der Waals surface area contributed by atoms with Crippen molar-refractivity contribution in [2.45, 2.75) is 51.5 Å². The maximum absolute atomic E-state index is 14.6.